The van der Waals surface area contributed by atoms with Gasteiger partial charge < -0.3 is 14.4 Å². The highest BCUT2D eigenvalue weighted by Gasteiger charge is 2.28. The summed E-state index contributed by atoms with van der Waals surface area (Å²) in [5, 5.41) is 0. The largest absolute Gasteiger partial charge is 0.497 e. The lowest BCUT2D eigenvalue weighted by Crippen LogP contribution is -2.44. The average molecular weight is 381 g/mol. The second kappa shape index (κ2) is 9.40. The van der Waals surface area contributed by atoms with Crippen LogP contribution in [0.3, 0.4) is 0 Å². The monoisotopic (exact) mass is 381 g/mol. The zero-order valence-corrected chi connectivity index (χ0v) is 16.5. The number of rotatable bonds is 6. The molecule has 1 fully saturated rings. The Morgan fingerprint density at radius 2 is 1.79 bits per heavy atom. The molecule has 1 aliphatic heterocycles. The van der Waals surface area contributed by atoms with Crippen LogP contribution >= 0.6 is 0 Å². The Bertz CT molecular complexity index is 797. The van der Waals surface area contributed by atoms with Gasteiger partial charge in [-0.15, -0.1) is 0 Å². The molecule has 0 N–H and O–H groups in total. The molecule has 1 amide bonds. The summed E-state index contributed by atoms with van der Waals surface area (Å²) in [5.74, 6) is 0.517. The van der Waals surface area contributed by atoms with Gasteiger partial charge in [0, 0.05) is 13.1 Å². The highest BCUT2D eigenvalue weighted by molar-refractivity contribution is 5.92. The SMILES string of the molecule is COc1cccc(C(=O)OC(C)C(=O)N2CCC(Cc3ccccc3)CC2)c1. The summed E-state index contributed by atoms with van der Waals surface area (Å²) in [4.78, 5) is 26.8. The minimum absolute atomic E-state index is 0.130. The molecule has 0 aliphatic carbocycles. The number of piperidine rings is 1. The lowest BCUT2D eigenvalue weighted by atomic mass is 9.90. The lowest BCUT2D eigenvalue weighted by molar-refractivity contribution is -0.141. The number of esters is 1. The minimum Gasteiger partial charge on any atom is -0.497 e. The molecule has 0 spiro atoms. The summed E-state index contributed by atoms with van der Waals surface area (Å²) >= 11 is 0. The second-order valence-electron chi connectivity index (χ2n) is 7.24. The Morgan fingerprint density at radius 3 is 2.46 bits per heavy atom. The number of amides is 1. The van der Waals surface area contributed by atoms with Crippen molar-refractivity contribution in [3.63, 3.8) is 0 Å². The normalized spacial score (nSPS) is 15.7. The zero-order chi connectivity index (χ0) is 19.9. The van der Waals surface area contributed by atoms with Gasteiger partial charge in [-0.1, -0.05) is 36.4 Å². The molecule has 1 saturated heterocycles. The van der Waals surface area contributed by atoms with Gasteiger partial charge in [0.2, 0.25) is 0 Å². The number of ether oxygens (including phenoxy) is 2. The third-order valence-corrected chi connectivity index (χ3v) is 5.23. The first-order valence-electron chi connectivity index (χ1n) is 9.74. The fraction of sp³-hybridized carbons (Fsp3) is 0.391. The van der Waals surface area contributed by atoms with E-state index in [1.165, 1.54) is 12.7 Å². The third kappa shape index (κ3) is 5.12. The third-order valence-electron chi connectivity index (χ3n) is 5.23. The van der Waals surface area contributed by atoms with Gasteiger partial charge in [-0.05, 0) is 55.9 Å². The van der Waals surface area contributed by atoms with Gasteiger partial charge in [0.1, 0.15) is 5.75 Å². The van der Waals surface area contributed by atoms with Crippen molar-refractivity contribution in [2.24, 2.45) is 5.92 Å². The molecule has 0 saturated carbocycles. The predicted molar refractivity (Wildman–Crippen MR) is 107 cm³/mol. The topological polar surface area (TPSA) is 55.8 Å². The lowest BCUT2D eigenvalue weighted by Gasteiger charge is -2.33. The van der Waals surface area contributed by atoms with Gasteiger partial charge in [0.25, 0.3) is 5.91 Å². The predicted octanol–water partition coefficient (Wildman–Crippen LogP) is 3.72. The van der Waals surface area contributed by atoms with Crippen molar-refractivity contribution in [1.82, 2.24) is 4.90 Å². The molecule has 1 heterocycles. The molecule has 1 atom stereocenters. The maximum Gasteiger partial charge on any atom is 0.339 e. The fourth-order valence-electron chi connectivity index (χ4n) is 3.59. The van der Waals surface area contributed by atoms with E-state index in [1.54, 1.807) is 31.2 Å². The molecule has 5 heteroatoms. The second-order valence-corrected chi connectivity index (χ2v) is 7.24. The van der Waals surface area contributed by atoms with E-state index in [1.807, 2.05) is 11.0 Å². The highest BCUT2D eigenvalue weighted by atomic mass is 16.5. The van der Waals surface area contributed by atoms with E-state index in [9.17, 15) is 9.59 Å². The number of carbonyl (C=O) groups excluding carboxylic acids is 2. The molecule has 1 aliphatic rings. The quantitative estimate of drug-likeness (QED) is 0.716. The maximum atomic E-state index is 12.7. The van der Waals surface area contributed by atoms with Crippen LogP contribution in [0.25, 0.3) is 0 Å². The number of carbonyl (C=O) groups is 2. The van der Waals surface area contributed by atoms with Crippen LogP contribution < -0.4 is 4.74 Å². The number of methoxy groups -OCH3 is 1. The first kappa shape index (κ1) is 19.9. The summed E-state index contributed by atoms with van der Waals surface area (Å²) in [6.45, 7) is 3.05. The first-order valence-corrected chi connectivity index (χ1v) is 9.74. The van der Waals surface area contributed by atoms with Crippen LogP contribution in [-0.2, 0) is 16.0 Å². The Hall–Kier alpha value is -2.82. The zero-order valence-electron chi connectivity index (χ0n) is 16.5. The molecule has 0 bridgehead atoms. The van der Waals surface area contributed by atoms with E-state index in [2.05, 4.69) is 24.3 Å². The molecule has 1 unspecified atom stereocenters. The van der Waals surface area contributed by atoms with Crippen LogP contribution in [0.1, 0.15) is 35.7 Å². The van der Waals surface area contributed by atoms with Crippen molar-refractivity contribution in [3.05, 3.63) is 65.7 Å². The average Bonchev–Trinajstić information content (AvgIpc) is 2.74. The van der Waals surface area contributed by atoms with Crippen LogP contribution in [0.5, 0.6) is 5.75 Å². The van der Waals surface area contributed by atoms with E-state index in [4.69, 9.17) is 9.47 Å². The summed E-state index contributed by atoms with van der Waals surface area (Å²) < 4.78 is 10.5. The number of likely N-dealkylation sites (tertiary alicyclic amines) is 1. The van der Waals surface area contributed by atoms with Gasteiger partial charge in [0.15, 0.2) is 6.10 Å². The maximum absolute atomic E-state index is 12.7. The van der Waals surface area contributed by atoms with Crippen LogP contribution in [-0.4, -0.2) is 43.1 Å². The Balaban J connectivity index is 1.49. The Kier molecular flexibility index (Phi) is 6.69. The summed E-state index contributed by atoms with van der Waals surface area (Å²) in [5.41, 5.74) is 1.72. The summed E-state index contributed by atoms with van der Waals surface area (Å²) in [6, 6.07) is 17.2. The molecule has 3 rings (SSSR count). The molecule has 0 radical (unpaired) electrons. The standard InChI is InChI=1S/C23H27NO4/c1-17(28-23(26)20-9-6-10-21(16-20)27-2)22(25)24-13-11-19(12-14-24)15-18-7-4-3-5-8-18/h3-10,16-17,19H,11-15H2,1-2H3. The van der Waals surface area contributed by atoms with Crippen LogP contribution in [0, 0.1) is 5.92 Å². The number of hydrogen-bond donors (Lipinski definition) is 0. The van der Waals surface area contributed by atoms with Gasteiger partial charge in [-0.2, -0.15) is 0 Å². The van der Waals surface area contributed by atoms with E-state index >= 15 is 0 Å². The van der Waals surface area contributed by atoms with E-state index in [0.29, 0.717) is 30.3 Å². The molecule has 2 aromatic carbocycles. The molecule has 2 aromatic rings. The van der Waals surface area contributed by atoms with E-state index in [0.717, 1.165) is 19.3 Å². The van der Waals surface area contributed by atoms with Crippen LogP contribution in [0.2, 0.25) is 0 Å². The van der Waals surface area contributed by atoms with Gasteiger partial charge in [0.05, 0.1) is 12.7 Å². The van der Waals surface area contributed by atoms with E-state index < -0.39 is 12.1 Å². The van der Waals surface area contributed by atoms with Gasteiger partial charge in [-0.3, -0.25) is 4.79 Å². The molecule has 28 heavy (non-hydrogen) atoms. The Morgan fingerprint density at radius 1 is 1.07 bits per heavy atom. The smallest absolute Gasteiger partial charge is 0.339 e. The number of nitrogens with zero attached hydrogens (tertiary/aromatic N) is 1. The molecular formula is C23H27NO4. The Labute approximate surface area is 166 Å². The number of hydrogen-bond acceptors (Lipinski definition) is 4. The molecule has 5 nitrogen and oxygen atoms in total. The molecule has 0 aromatic heterocycles. The molecular weight excluding hydrogens is 354 g/mol. The van der Waals surface area contributed by atoms with Crippen molar-refractivity contribution in [2.45, 2.75) is 32.3 Å². The van der Waals surface area contributed by atoms with Crippen molar-refractivity contribution in [3.8, 4) is 5.75 Å². The summed E-state index contributed by atoms with van der Waals surface area (Å²) in [6.07, 6.45) is 2.18. The summed E-state index contributed by atoms with van der Waals surface area (Å²) in [7, 11) is 1.54. The first-order chi connectivity index (χ1) is 13.6. The van der Waals surface area contributed by atoms with Crippen LogP contribution in [0.15, 0.2) is 54.6 Å². The van der Waals surface area contributed by atoms with Gasteiger partial charge >= 0.3 is 5.97 Å². The molecule has 148 valence electrons. The fourth-order valence-corrected chi connectivity index (χ4v) is 3.59. The minimum atomic E-state index is -0.802. The number of benzene rings is 2. The van der Waals surface area contributed by atoms with Crippen molar-refractivity contribution < 1.29 is 19.1 Å². The van der Waals surface area contributed by atoms with Crippen molar-refractivity contribution in [2.75, 3.05) is 20.2 Å². The van der Waals surface area contributed by atoms with E-state index in [-0.39, 0.29) is 5.91 Å². The van der Waals surface area contributed by atoms with Crippen molar-refractivity contribution in [1.29, 1.82) is 0 Å². The van der Waals surface area contributed by atoms with Crippen LogP contribution in [0.4, 0.5) is 0 Å². The van der Waals surface area contributed by atoms with Gasteiger partial charge in [-0.25, -0.2) is 4.79 Å². The van der Waals surface area contributed by atoms with Crippen molar-refractivity contribution >= 4 is 11.9 Å². The highest BCUT2D eigenvalue weighted by Crippen LogP contribution is 2.22.